The van der Waals surface area contributed by atoms with Gasteiger partial charge in [-0.2, -0.15) is 0 Å². The molecule has 1 aromatic rings. The molecule has 1 heterocycles. The molecule has 53 heavy (non-hydrogen) atoms. The standard InChI is InChI=1S/C38H64N6O7S2/c1-38(2,3)53(49,50)33(24-28-15-9-6-10-16-28)36(48)42-30(17-11-12-20-41-37(52)40-4)35(47)43-31(23-27-13-7-5-8-14-27)32(45)25-34(46)44-21-22-51-29(26-44)18-19-39/h6,9-10,15-16,27,29-33,45H,5,7-8,11-14,17-26,39H2,1-4H3,(H,42,48)(H,43,47)(H2,40,41,52)/t29?,30?,31?,32-,33?/m0/s1. The molecule has 1 aliphatic heterocycles. The Hall–Kier alpha value is -2.85. The lowest BCUT2D eigenvalue weighted by Gasteiger charge is -2.35. The highest BCUT2D eigenvalue weighted by Crippen LogP contribution is 2.29. The van der Waals surface area contributed by atoms with E-state index in [4.69, 9.17) is 22.7 Å². The Bertz CT molecular complexity index is 1420. The first-order valence-electron chi connectivity index (χ1n) is 19.3. The number of hydrogen-bond acceptors (Lipinski definition) is 9. The van der Waals surface area contributed by atoms with E-state index in [0.717, 1.165) is 32.1 Å². The molecule has 2 aliphatic rings. The van der Waals surface area contributed by atoms with Crippen LogP contribution in [-0.2, 0) is 35.4 Å². The van der Waals surface area contributed by atoms with Crippen LogP contribution < -0.4 is 27.0 Å². The number of nitrogens with one attached hydrogen (secondary N) is 4. The first-order valence-corrected chi connectivity index (χ1v) is 21.2. The normalized spacial score (nSPS) is 19.4. The molecule has 1 aromatic carbocycles. The Balaban J connectivity index is 1.85. The van der Waals surface area contributed by atoms with Crippen molar-refractivity contribution in [1.82, 2.24) is 26.2 Å². The zero-order chi connectivity index (χ0) is 39.0. The van der Waals surface area contributed by atoms with Crippen LogP contribution >= 0.6 is 12.2 Å². The van der Waals surface area contributed by atoms with Gasteiger partial charge < -0.3 is 41.7 Å². The summed E-state index contributed by atoms with van der Waals surface area (Å²) in [5.41, 5.74) is 6.40. The number of amides is 3. The third-order valence-corrected chi connectivity index (χ3v) is 13.5. The summed E-state index contributed by atoms with van der Waals surface area (Å²) in [6, 6.07) is 7.12. The molecule has 3 rings (SSSR count). The van der Waals surface area contributed by atoms with Crippen molar-refractivity contribution in [2.45, 2.75) is 132 Å². The Morgan fingerprint density at radius 3 is 2.40 bits per heavy atom. The fourth-order valence-corrected chi connectivity index (χ4v) is 8.75. The van der Waals surface area contributed by atoms with Crippen molar-refractivity contribution < 1.29 is 32.6 Å². The number of carbonyl (C=O) groups excluding carboxylic acids is 3. The van der Waals surface area contributed by atoms with Gasteiger partial charge in [0.05, 0.1) is 36.0 Å². The van der Waals surface area contributed by atoms with E-state index in [2.05, 4.69) is 21.3 Å². The molecule has 5 atom stereocenters. The monoisotopic (exact) mass is 780 g/mol. The lowest BCUT2D eigenvalue weighted by Crippen LogP contribution is -2.57. The number of hydrogen-bond donors (Lipinski definition) is 6. The number of ether oxygens (including phenoxy) is 1. The van der Waals surface area contributed by atoms with Gasteiger partial charge in [-0.15, -0.1) is 0 Å². The van der Waals surface area contributed by atoms with Crippen molar-refractivity contribution in [3.63, 3.8) is 0 Å². The number of morpholine rings is 1. The fraction of sp³-hybridized carbons (Fsp3) is 0.737. The minimum absolute atomic E-state index is 0.0508. The summed E-state index contributed by atoms with van der Waals surface area (Å²) in [6.07, 6.45) is 6.11. The van der Waals surface area contributed by atoms with Crippen LogP contribution in [-0.4, -0.2) is 115 Å². The van der Waals surface area contributed by atoms with E-state index in [1.165, 1.54) is 0 Å². The second-order valence-corrected chi connectivity index (χ2v) is 18.7. The first-order chi connectivity index (χ1) is 25.2. The molecule has 4 unspecified atom stereocenters. The largest absolute Gasteiger partial charge is 0.390 e. The van der Waals surface area contributed by atoms with Crippen LogP contribution in [0.4, 0.5) is 0 Å². The van der Waals surface area contributed by atoms with Crippen molar-refractivity contribution in [2.24, 2.45) is 11.7 Å². The molecule has 1 saturated carbocycles. The van der Waals surface area contributed by atoms with Crippen LogP contribution in [0.3, 0.4) is 0 Å². The van der Waals surface area contributed by atoms with Crippen LogP contribution in [0.5, 0.6) is 0 Å². The van der Waals surface area contributed by atoms with E-state index < -0.39 is 49.8 Å². The number of nitrogens with two attached hydrogens (primary N) is 1. The molecular weight excluding hydrogens is 717 g/mol. The molecule has 7 N–H and O–H groups in total. The predicted octanol–water partition coefficient (Wildman–Crippen LogP) is 2.34. The summed E-state index contributed by atoms with van der Waals surface area (Å²) in [7, 11) is -2.29. The Morgan fingerprint density at radius 2 is 1.75 bits per heavy atom. The van der Waals surface area contributed by atoms with Crippen LogP contribution in [0.1, 0.15) is 97.0 Å². The fourth-order valence-electron chi connectivity index (χ4n) is 7.03. The average Bonchev–Trinajstić information content (AvgIpc) is 3.13. The van der Waals surface area contributed by atoms with Crippen molar-refractivity contribution in [3.05, 3.63) is 35.9 Å². The third-order valence-electron chi connectivity index (χ3n) is 10.3. The van der Waals surface area contributed by atoms with E-state index in [-0.39, 0.29) is 37.2 Å². The molecular formula is C38H64N6O7S2. The molecule has 1 aliphatic carbocycles. The summed E-state index contributed by atoms with van der Waals surface area (Å²) in [6.45, 7) is 6.87. The third kappa shape index (κ3) is 14.4. The zero-order valence-electron chi connectivity index (χ0n) is 32.1. The minimum Gasteiger partial charge on any atom is -0.390 e. The number of nitrogens with zero attached hydrogens (tertiary/aromatic N) is 1. The summed E-state index contributed by atoms with van der Waals surface area (Å²) in [5.74, 6) is -1.24. The summed E-state index contributed by atoms with van der Waals surface area (Å²) >= 11 is 5.17. The van der Waals surface area contributed by atoms with Gasteiger partial charge in [0.25, 0.3) is 0 Å². The predicted molar refractivity (Wildman–Crippen MR) is 212 cm³/mol. The van der Waals surface area contributed by atoms with Crippen LogP contribution in [0, 0.1) is 5.92 Å². The molecule has 300 valence electrons. The summed E-state index contributed by atoms with van der Waals surface area (Å²) in [5, 5.41) is 22.4. The van der Waals surface area contributed by atoms with Crippen molar-refractivity contribution in [3.8, 4) is 0 Å². The van der Waals surface area contributed by atoms with Gasteiger partial charge in [0.1, 0.15) is 11.3 Å². The highest BCUT2D eigenvalue weighted by molar-refractivity contribution is 7.94. The zero-order valence-corrected chi connectivity index (χ0v) is 33.7. The number of unbranched alkanes of at least 4 members (excludes halogenated alkanes) is 1. The van der Waals surface area contributed by atoms with Gasteiger partial charge in [0.15, 0.2) is 14.9 Å². The Kier molecular flexibility index (Phi) is 18.4. The van der Waals surface area contributed by atoms with E-state index >= 15 is 0 Å². The highest BCUT2D eigenvalue weighted by Gasteiger charge is 2.42. The molecule has 0 aromatic heterocycles. The van der Waals surface area contributed by atoms with E-state index in [0.29, 0.717) is 69.1 Å². The van der Waals surface area contributed by atoms with Gasteiger partial charge >= 0.3 is 0 Å². The maximum absolute atomic E-state index is 14.2. The second kappa shape index (κ2) is 21.9. The SMILES string of the molecule is CNC(=S)NCCCCC(NC(=O)C(Cc1ccccc1)S(=O)(=O)C(C)(C)C)C(=O)NC(CC1CCCCC1)[C@@H](O)CC(=O)N1CCOC(CCN)C1. The number of sulfone groups is 1. The van der Waals surface area contributed by atoms with Crippen molar-refractivity contribution in [1.29, 1.82) is 0 Å². The van der Waals surface area contributed by atoms with E-state index in [1.807, 2.05) is 6.07 Å². The number of aliphatic hydroxyl groups is 1. The Labute approximate surface area is 322 Å². The minimum atomic E-state index is -4.01. The number of rotatable bonds is 19. The number of carbonyl (C=O) groups is 3. The van der Waals surface area contributed by atoms with Crippen molar-refractivity contribution >= 4 is 44.9 Å². The van der Waals surface area contributed by atoms with Crippen molar-refractivity contribution in [2.75, 3.05) is 39.8 Å². The maximum Gasteiger partial charge on any atom is 0.242 e. The van der Waals surface area contributed by atoms with Crippen LogP contribution in [0.2, 0.25) is 0 Å². The summed E-state index contributed by atoms with van der Waals surface area (Å²) in [4.78, 5) is 43.4. The van der Waals surface area contributed by atoms with Gasteiger partial charge in [0.2, 0.25) is 17.7 Å². The lowest BCUT2D eigenvalue weighted by molar-refractivity contribution is -0.142. The van der Waals surface area contributed by atoms with E-state index in [1.54, 1.807) is 57.0 Å². The van der Waals surface area contributed by atoms with Gasteiger partial charge in [-0.25, -0.2) is 8.42 Å². The molecule has 3 amide bonds. The Morgan fingerprint density at radius 1 is 1.06 bits per heavy atom. The molecule has 13 nitrogen and oxygen atoms in total. The quantitative estimate of drug-likeness (QED) is 0.0893. The molecule has 2 fully saturated rings. The first kappa shape index (κ1) is 44.5. The van der Waals surface area contributed by atoms with Gasteiger partial charge in [0, 0.05) is 26.7 Å². The molecule has 0 spiro atoms. The smallest absolute Gasteiger partial charge is 0.242 e. The summed E-state index contributed by atoms with van der Waals surface area (Å²) < 4.78 is 32.2. The molecule has 0 radical (unpaired) electrons. The number of benzene rings is 1. The lowest BCUT2D eigenvalue weighted by atomic mass is 9.83. The highest BCUT2D eigenvalue weighted by atomic mass is 32.2. The number of thiocarbonyl (C=S) groups is 1. The van der Waals surface area contributed by atoms with Crippen LogP contribution in [0.15, 0.2) is 30.3 Å². The van der Waals surface area contributed by atoms with Gasteiger partial charge in [-0.1, -0.05) is 62.4 Å². The topological polar surface area (TPSA) is 192 Å². The molecule has 15 heteroatoms. The van der Waals surface area contributed by atoms with Gasteiger partial charge in [-0.3, -0.25) is 14.4 Å². The number of aliphatic hydroxyl groups excluding tert-OH is 1. The molecule has 0 bridgehead atoms. The maximum atomic E-state index is 14.2. The van der Waals surface area contributed by atoms with Crippen LogP contribution in [0.25, 0.3) is 0 Å². The molecule has 1 saturated heterocycles. The van der Waals surface area contributed by atoms with Gasteiger partial charge in [-0.05, 0) is 89.5 Å². The van der Waals surface area contributed by atoms with E-state index in [9.17, 15) is 27.9 Å². The average molecular weight is 781 g/mol. The second-order valence-electron chi connectivity index (χ2n) is 15.4.